The molecular weight excluding hydrogens is 289 g/mol. The first-order valence-electron chi connectivity index (χ1n) is 6.62. The highest BCUT2D eigenvalue weighted by Crippen LogP contribution is 2.25. The van der Waals surface area contributed by atoms with Gasteiger partial charge < -0.3 is 9.52 Å². The summed E-state index contributed by atoms with van der Waals surface area (Å²) in [6.07, 6.45) is -4.18. The Balaban J connectivity index is 1.90. The number of carboxylic acids is 1. The maximum atomic E-state index is 12.3. The van der Waals surface area contributed by atoms with Gasteiger partial charge in [0.2, 0.25) is 5.76 Å². The van der Waals surface area contributed by atoms with E-state index in [9.17, 15) is 18.0 Å². The minimum absolute atomic E-state index is 0.132. The number of carbonyl (C=O) groups is 1. The Morgan fingerprint density at radius 2 is 1.95 bits per heavy atom. The topological polar surface area (TPSA) is 56.9 Å². The Bertz CT molecular complexity index is 493. The van der Waals surface area contributed by atoms with E-state index < -0.39 is 18.7 Å². The van der Waals surface area contributed by atoms with Crippen molar-refractivity contribution in [2.75, 3.05) is 32.7 Å². The average molecular weight is 306 g/mol. The van der Waals surface area contributed by atoms with Crippen molar-refractivity contribution in [1.29, 1.82) is 0 Å². The predicted molar refractivity (Wildman–Crippen MR) is 68.2 cm³/mol. The van der Waals surface area contributed by atoms with E-state index in [0.29, 0.717) is 31.9 Å². The normalized spacial score (nSPS) is 19.6. The fourth-order valence-corrected chi connectivity index (χ4v) is 2.43. The van der Waals surface area contributed by atoms with Gasteiger partial charge in [0, 0.05) is 26.2 Å². The van der Waals surface area contributed by atoms with Crippen LogP contribution in [0, 0.1) is 0 Å². The van der Waals surface area contributed by atoms with Crippen LogP contribution in [0.5, 0.6) is 0 Å². The van der Waals surface area contributed by atoms with E-state index in [4.69, 9.17) is 9.52 Å². The highest BCUT2D eigenvalue weighted by Gasteiger charge is 2.33. The van der Waals surface area contributed by atoms with Gasteiger partial charge >= 0.3 is 12.1 Å². The van der Waals surface area contributed by atoms with Crippen LogP contribution in [0.1, 0.15) is 29.3 Å². The van der Waals surface area contributed by atoms with E-state index in [-0.39, 0.29) is 11.8 Å². The number of rotatable bonds is 4. The zero-order valence-corrected chi connectivity index (χ0v) is 11.6. The second kappa shape index (κ2) is 6.07. The van der Waals surface area contributed by atoms with Crippen molar-refractivity contribution in [3.8, 4) is 0 Å². The zero-order valence-electron chi connectivity index (χ0n) is 11.6. The molecule has 1 unspecified atom stereocenters. The molecule has 1 aromatic rings. The number of halogens is 3. The molecule has 0 bridgehead atoms. The Morgan fingerprint density at radius 1 is 1.33 bits per heavy atom. The second-order valence-corrected chi connectivity index (χ2v) is 5.11. The smallest absolute Gasteiger partial charge is 0.401 e. The van der Waals surface area contributed by atoms with Gasteiger partial charge in [0.05, 0.1) is 12.6 Å². The summed E-state index contributed by atoms with van der Waals surface area (Å²) < 4.78 is 42.2. The van der Waals surface area contributed by atoms with Crippen molar-refractivity contribution in [3.63, 3.8) is 0 Å². The lowest BCUT2D eigenvalue weighted by molar-refractivity contribution is -0.149. The number of hydrogen-bond acceptors (Lipinski definition) is 4. The van der Waals surface area contributed by atoms with Crippen LogP contribution in [0.25, 0.3) is 0 Å². The largest absolute Gasteiger partial charge is 0.475 e. The molecular formula is C13H17F3N2O3. The second-order valence-electron chi connectivity index (χ2n) is 5.11. The standard InChI is InChI=1S/C13H17F3N2O3/c1-9(10-2-3-11(21-10)12(19)20)18-6-4-17(5-7-18)8-13(14,15)16/h2-3,9H,4-8H2,1H3,(H,19,20). The van der Waals surface area contributed by atoms with Crippen LogP contribution >= 0.6 is 0 Å². The van der Waals surface area contributed by atoms with E-state index in [0.717, 1.165) is 0 Å². The molecule has 118 valence electrons. The number of aromatic carboxylic acids is 1. The van der Waals surface area contributed by atoms with E-state index in [2.05, 4.69) is 0 Å². The van der Waals surface area contributed by atoms with Crippen molar-refractivity contribution in [2.24, 2.45) is 0 Å². The molecule has 1 N–H and O–H groups in total. The monoisotopic (exact) mass is 306 g/mol. The Labute approximate surface area is 119 Å². The first-order valence-corrected chi connectivity index (χ1v) is 6.62. The summed E-state index contributed by atoms with van der Waals surface area (Å²) >= 11 is 0. The third kappa shape index (κ3) is 4.21. The van der Waals surface area contributed by atoms with Gasteiger partial charge in [0.15, 0.2) is 0 Å². The van der Waals surface area contributed by atoms with Gasteiger partial charge in [-0.1, -0.05) is 0 Å². The van der Waals surface area contributed by atoms with Crippen LogP contribution in [-0.2, 0) is 0 Å². The molecule has 1 saturated heterocycles. The molecule has 1 aliphatic heterocycles. The molecule has 0 spiro atoms. The quantitative estimate of drug-likeness (QED) is 0.924. The van der Waals surface area contributed by atoms with Crippen LogP contribution in [0.15, 0.2) is 16.5 Å². The highest BCUT2D eigenvalue weighted by molar-refractivity contribution is 5.84. The Kier molecular flexibility index (Phi) is 4.58. The van der Waals surface area contributed by atoms with Crippen molar-refractivity contribution >= 4 is 5.97 Å². The summed E-state index contributed by atoms with van der Waals surface area (Å²) in [7, 11) is 0. The van der Waals surface area contributed by atoms with Crippen LogP contribution in [0.3, 0.4) is 0 Å². The predicted octanol–water partition coefficient (Wildman–Crippen LogP) is 2.22. The first kappa shape index (κ1) is 15.8. The summed E-state index contributed by atoms with van der Waals surface area (Å²) in [5.74, 6) is -0.757. The van der Waals surface area contributed by atoms with Crippen LogP contribution in [-0.4, -0.2) is 59.8 Å². The molecule has 0 saturated carbocycles. The minimum atomic E-state index is -4.18. The summed E-state index contributed by atoms with van der Waals surface area (Å²) in [6.45, 7) is 2.59. The van der Waals surface area contributed by atoms with Crippen LogP contribution in [0.4, 0.5) is 13.2 Å². The van der Waals surface area contributed by atoms with Crippen molar-refractivity contribution in [3.05, 3.63) is 23.7 Å². The fourth-order valence-electron chi connectivity index (χ4n) is 2.43. The number of hydrogen-bond donors (Lipinski definition) is 1. The van der Waals surface area contributed by atoms with Gasteiger partial charge in [-0.15, -0.1) is 0 Å². The highest BCUT2D eigenvalue weighted by atomic mass is 19.4. The molecule has 2 rings (SSSR count). The number of carboxylic acid groups (broad SMARTS) is 1. The molecule has 0 radical (unpaired) electrons. The summed E-state index contributed by atoms with van der Waals surface area (Å²) in [5.41, 5.74) is 0. The van der Waals surface area contributed by atoms with E-state index in [1.54, 1.807) is 6.07 Å². The first-order chi connectivity index (χ1) is 9.76. The summed E-state index contributed by atoms with van der Waals surface area (Å²) in [6, 6.07) is 2.82. The SMILES string of the molecule is CC(c1ccc(C(=O)O)o1)N1CCN(CC(F)(F)F)CC1. The van der Waals surface area contributed by atoms with Crippen molar-refractivity contribution in [1.82, 2.24) is 9.80 Å². The average Bonchev–Trinajstić information content (AvgIpc) is 2.86. The molecule has 0 amide bonds. The lowest BCUT2D eigenvalue weighted by atomic mass is 10.2. The number of nitrogens with zero attached hydrogens (tertiary/aromatic N) is 2. The van der Waals surface area contributed by atoms with Gasteiger partial charge in [0.1, 0.15) is 5.76 Å². The number of furan rings is 1. The maximum Gasteiger partial charge on any atom is 0.401 e. The lowest BCUT2D eigenvalue weighted by Gasteiger charge is -2.37. The van der Waals surface area contributed by atoms with E-state index in [1.807, 2.05) is 11.8 Å². The summed E-state index contributed by atoms with van der Waals surface area (Å²) in [5, 5.41) is 8.81. The maximum absolute atomic E-state index is 12.3. The third-order valence-corrected chi connectivity index (χ3v) is 3.61. The third-order valence-electron chi connectivity index (χ3n) is 3.61. The number of alkyl halides is 3. The molecule has 21 heavy (non-hydrogen) atoms. The van der Waals surface area contributed by atoms with Gasteiger partial charge in [-0.05, 0) is 19.1 Å². The van der Waals surface area contributed by atoms with Gasteiger partial charge in [0.25, 0.3) is 0 Å². The lowest BCUT2D eigenvalue weighted by Crippen LogP contribution is -2.49. The molecule has 1 aliphatic rings. The Hall–Kier alpha value is -1.54. The van der Waals surface area contributed by atoms with Gasteiger partial charge in [-0.25, -0.2) is 4.79 Å². The molecule has 1 fully saturated rings. The molecule has 1 atom stereocenters. The fraction of sp³-hybridized carbons (Fsp3) is 0.615. The van der Waals surface area contributed by atoms with Crippen LogP contribution in [0.2, 0.25) is 0 Å². The van der Waals surface area contributed by atoms with E-state index >= 15 is 0 Å². The molecule has 5 nitrogen and oxygen atoms in total. The summed E-state index contributed by atoms with van der Waals surface area (Å²) in [4.78, 5) is 14.1. The van der Waals surface area contributed by atoms with Crippen LogP contribution < -0.4 is 0 Å². The molecule has 2 heterocycles. The minimum Gasteiger partial charge on any atom is -0.475 e. The van der Waals surface area contributed by atoms with Crippen molar-refractivity contribution < 1.29 is 27.5 Å². The Morgan fingerprint density at radius 3 is 2.43 bits per heavy atom. The van der Waals surface area contributed by atoms with Gasteiger partial charge in [-0.3, -0.25) is 9.80 Å². The van der Waals surface area contributed by atoms with E-state index in [1.165, 1.54) is 11.0 Å². The van der Waals surface area contributed by atoms with Gasteiger partial charge in [-0.2, -0.15) is 13.2 Å². The molecule has 8 heteroatoms. The number of piperazine rings is 1. The molecule has 1 aromatic heterocycles. The van der Waals surface area contributed by atoms with Crippen molar-refractivity contribution in [2.45, 2.75) is 19.1 Å². The zero-order chi connectivity index (χ0) is 15.6. The molecule has 0 aliphatic carbocycles. The molecule has 0 aromatic carbocycles.